The summed E-state index contributed by atoms with van der Waals surface area (Å²) >= 11 is 0. The summed E-state index contributed by atoms with van der Waals surface area (Å²) in [5, 5.41) is 2.80. The van der Waals surface area contributed by atoms with Gasteiger partial charge in [0.2, 0.25) is 11.8 Å². The minimum absolute atomic E-state index is 0.0724. The van der Waals surface area contributed by atoms with Crippen LogP contribution < -0.4 is 15.8 Å². The van der Waals surface area contributed by atoms with Gasteiger partial charge >= 0.3 is 0 Å². The highest BCUT2D eigenvalue weighted by atomic mass is 16.5. The largest absolute Gasteiger partial charge is 0.494 e. The Hall–Kier alpha value is -3.15. The third-order valence-corrected chi connectivity index (χ3v) is 4.72. The summed E-state index contributed by atoms with van der Waals surface area (Å²) in [6.07, 6.45) is 4.17. The first-order chi connectivity index (χ1) is 14.5. The van der Waals surface area contributed by atoms with Crippen molar-refractivity contribution >= 4 is 17.6 Å². The summed E-state index contributed by atoms with van der Waals surface area (Å²) in [6, 6.07) is 14.1. The molecular weight excluding hydrogens is 380 g/mol. The number of amides is 2. The Kier molecular flexibility index (Phi) is 9.58. The van der Waals surface area contributed by atoms with Crippen molar-refractivity contribution in [1.29, 1.82) is 0 Å². The lowest BCUT2D eigenvalue weighted by atomic mass is 10.1. The fourth-order valence-electron chi connectivity index (χ4n) is 2.97. The molecule has 2 aromatic carbocycles. The predicted octanol–water partition coefficient (Wildman–Crippen LogP) is 3.68. The zero-order chi connectivity index (χ0) is 21.8. The van der Waals surface area contributed by atoms with Gasteiger partial charge < -0.3 is 15.8 Å². The van der Waals surface area contributed by atoms with Gasteiger partial charge in [0.25, 0.3) is 0 Å². The zero-order valence-electron chi connectivity index (χ0n) is 17.5. The molecule has 0 atom stereocenters. The van der Waals surface area contributed by atoms with Gasteiger partial charge in [0, 0.05) is 30.5 Å². The fourth-order valence-corrected chi connectivity index (χ4v) is 2.97. The number of nitrogens with two attached hydrogens (primary N) is 1. The number of ether oxygens (including phenoxy) is 1. The molecule has 0 bridgehead atoms. The first-order valence-electron chi connectivity index (χ1n) is 10.4. The molecule has 30 heavy (non-hydrogen) atoms. The molecule has 0 heterocycles. The lowest BCUT2D eigenvalue weighted by Gasteiger charge is -2.07. The zero-order valence-corrected chi connectivity index (χ0v) is 17.5. The van der Waals surface area contributed by atoms with Gasteiger partial charge in [-0.3, -0.25) is 14.4 Å². The van der Waals surface area contributed by atoms with E-state index in [2.05, 4.69) is 12.2 Å². The molecular formula is C24H30N2O4. The average molecular weight is 411 g/mol. The molecule has 0 radical (unpaired) electrons. The Morgan fingerprint density at radius 1 is 0.967 bits per heavy atom. The predicted molar refractivity (Wildman–Crippen MR) is 117 cm³/mol. The first-order valence-corrected chi connectivity index (χ1v) is 10.4. The quantitative estimate of drug-likeness (QED) is 0.389. The molecule has 2 rings (SSSR count). The van der Waals surface area contributed by atoms with Crippen LogP contribution in [0.15, 0.2) is 48.5 Å². The molecule has 0 saturated carbocycles. The van der Waals surface area contributed by atoms with Crippen LogP contribution >= 0.6 is 0 Å². The highest BCUT2D eigenvalue weighted by Crippen LogP contribution is 2.15. The maximum absolute atomic E-state index is 12.3. The van der Waals surface area contributed by atoms with Crippen molar-refractivity contribution in [3.8, 4) is 5.75 Å². The van der Waals surface area contributed by atoms with Crippen LogP contribution in [-0.2, 0) is 11.2 Å². The van der Waals surface area contributed by atoms with Gasteiger partial charge in [-0.2, -0.15) is 0 Å². The van der Waals surface area contributed by atoms with Crippen molar-refractivity contribution in [2.75, 3.05) is 13.2 Å². The number of ketones is 1. The van der Waals surface area contributed by atoms with Crippen molar-refractivity contribution in [2.45, 2.75) is 45.4 Å². The number of unbranched alkanes of at least 4 members (excludes halogenated alkanes) is 2. The molecule has 6 heteroatoms. The Morgan fingerprint density at radius 3 is 2.43 bits per heavy atom. The van der Waals surface area contributed by atoms with Crippen LogP contribution in [0.5, 0.6) is 5.75 Å². The second-order valence-electron chi connectivity index (χ2n) is 7.17. The van der Waals surface area contributed by atoms with E-state index in [4.69, 9.17) is 10.5 Å². The number of hydrogen-bond acceptors (Lipinski definition) is 4. The molecule has 0 aliphatic heterocycles. The molecule has 0 aliphatic carbocycles. The third kappa shape index (κ3) is 8.07. The highest BCUT2D eigenvalue weighted by Gasteiger charge is 2.10. The molecule has 0 fully saturated rings. The van der Waals surface area contributed by atoms with Gasteiger partial charge in [0.1, 0.15) is 5.75 Å². The number of rotatable bonds is 13. The minimum Gasteiger partial charge on any atom is -0.494 e. The van der Waals surface area contributed by atoms with Gasteiger partial charge in [0.05, 0.1) is 6.61 Å². The SMILES string of the molecule is CCCCCOc1ccc(C(=O)CCC(=O)NCCc2cccc(C(N)=O)c2)cc1. The summed E-state index contributed by atoms with van der Waals surface area (Å²) in [5.74, 6) is 0.0263. The van der Waals surface area contributed by atoms with Gasteiger partial charge in [-0.05, 0) is 54.8 Å². The Balaban J connectivity index is 1.69. The molecule has 0 aromatic heterocycles. The Bertz CT molecular complexity index is 847. The van der Waals surface area contributed by atoms with Crippen LogP contribution in [0.2, 0.25) is 0 Å². The highest BCUT2D eigenvalue weighted by molar-refractivity contribution is 5.98. The van der Waals surface area contributed by atoms with E-state index < -0.39 is 5.91 Å². The van der Waals surface area contributed by atoms with E-state index in [1.807, 2.05) is 6.07 Å². The van der Waals surface area contributed by atoms with E-state index in [9.17, 15) is 14.4 Å². The van der Waals surface area contributed by atoms with Crippen LogP contribution in [0.3, 0.4) is 0 Å². The number of primary amides is 1. The fraction of sp³-hybridized carbons (Fsp3) is 0.375. The number of hydrogen-bond donors (Lipinski definition) is 2. The van der Waals surface area contributed by atoms with Gasteiger partial charge in [-0.15, -0.1) is 0 Å². The normalized spacial score (nSPS) is 10.4. The molecule has 2 amide bonds. The molecule has 0 spiro atoms. The Labute approximate surface area is 177 Å². The van der Waals surface area contributed by atoms with Crippen LogP contribution in [-0.4, -0.2) is 30.7 Å². The third-order valence-electron chi connectivity index (χ3n) is 4.72. The number of Topliss-reactive ketones (excluding diaryl/α,β-unsaturated/α-hetero) is 1. The standard InChI is InChI=1S/C24H30N2O4/c1-2-3-4-16-30-21-10-8-19(9-11-21)22(27)12-13-23(28)26-15-14-18-6-5-7-20(17-18)24(25)29/h5-11,17H,2-4,12-16H2,1H3,(H2,25,29)(H,26,28). The van der Waals surface area contributed by atoms with Crippen molar-refractivity contribution in [3.05, 3.63) is 65.2 Å². The van der Waals surface area contributed by atoms with Gasteiger partial charge in [0.15, 0.2) is 5.78 Å². The van der Waals surface area contributed by atoms with Gasteiger partial charge in [-0.25, -0.2) is 0 Å². The molecule has 0 unspecified atom stereocenters. The smallest absolute Gasteiger partial charge is 0.248 e. The molecule has 0 aliphatic rings. The Morgan fingerprint density at radius 2 is 1.73 bits per heavy atom. The van der Waals surface area contributed by atoms with Crippen molar-refractivity contribution in [2.24, 2.45) is 5.73 Å². The van der Waals surface area contributed by atoms with E-state index in [0.29, 0.717) is 30.7 Å². The van der Waals surface area contributed by atoms with E-state index in [0.717, 1.165) is 30.6 Å². The van der Waals surface area contributed by atoms with Crippen LogP contribution in [0.25, 0.3) is 0 Å². The second kappa shape index (κ2) is 12.4. The van der Waals surface area contributed by atoms with Crippen LogP contribution in [0.1, 0.15) is 65.3 Å². The van der Waals surface area contributed by atoms with Crippen molar-refractivity contribution < 1.29 is 19.1 Å². The van der Waals surface area contributed by atoms with Crippen LogP contribution in [0, 0.1) is 0 Å². The topological polar surface area (TPSA) is 98.5 Å². The summed E-state index contributed by atoms with van der Waals surface area (Å²) < 4.78 is 5.64. The molecule has 160 valence electrons. The first kappa shape index (κ1) is 23.1. The molecule has 2 aromatic rings. The number of nitrogens with one attached hydrogen (secondary N) is 1. The molecule has 6 nitrogen and oxygen atoms in total. The van der Waals surface area contributed by atoms with Crippen molar-refractivity contribution in [1.82, 2.24) is 5.32 Å². The van der Waals surface area contributed by atoms with E-state index in [1.54, 1.807) is 42.5 Å². The lowest BCUT2D eigenvalue weighted by molar-refractivity contribution is -0.121. The maximum atomic E-state index is 12.3. The molecule has 3 N–H and O–H groups in total. The van der Waals surface area contributed by atoms with Crippen molar-refractivity contribution in [3.63, 3.8) is 0 Å². The monoisotopic (exact) mass is 410 g/mol. The summed E-state index contributed by atoms with van der Waals surface area (Å²) in [6.45, 7) is 3.25. The molecule has 0 saturated heterocycles. The van der Waals surface area contributed by atoms with E-state index >= 15 is 0 Å². The average Bonchev–Trinajstić information content (AvgIpc) is 2.75. The summed E-state index contributed by atoms with van der Waals surface area (Å²) in [7, 11) is 0. The lowest BCUT2D eigenvalue weighted by Crippen LogP contribution is -2.26. The summed E-state index contributed by atoms with van der Waals surface area (Å²) in [5.41, 5.74) is 7.21. The maximum Gasteiger partial charge on any atom is 0.248 e. The second-order valence-corrected chi connectivity index (χ2v) is 7.17. The van der Waals surface area contributed by atoms with Crippen LogP contribution in [0.4, 0.5) is 0 Å². The minimum atomic E-state index is -0.476. The number of benzene rings is 2. The number of carbonyl (C=O) groups excluding carboxylic acids is 3. The van der Waals surface area contributed by atoms with E-state index in [1.165, 1.54) is 0 Å². The van der Waals surface area contributed by atoms with Gasteiger partial charge in [-0.1, -0.05) is 31.9 Å². The van der Waals surface area contributed by atoms with E-state index in [-0.39, 0.29) is 24.5 Å². The number of carbonyl (C=O) groups is 3. The summed E-state index contributed by atoms with van der Waals surface area (Å²) in [4.78, 5) is 35.5.